The molecule has 2 aromatic rings. The first kappa shape index (κ1) is 14.6. The first-order valence-electron chi connectivity index (χ1n) is 8.66. The molecular formula is C19H23N3O. The van der Waals surface area contributed by atoms with Crippen molar-refractivity contribution in [1.29, 1.82) is 0 Å². The average Bonchev–Trinajstić information content (AvgIpc) is 2.57. The Morgan fingerprint density at radius 3 is 2.61 bits per heavy atom. The fourth-order valence-corrected chi connectivity index (χ4v) is 3.61. The molecule has 0 bridgehead atoms. The smallest absolute Gasteiger partial charge is 0.273 e. The third-order valence-electron chi connectivity index (χ3n) is 5.28. The molecule has 0 unspecified atom stereocenters. The fraction of sp³-hybridized carbons (Fsp3) is 0.474. The van der Waals surface area contributed by atoms with E-state index in [2.05, 4.69) is 9.88 Å². The van der Waals surface area contributed by atoms with Crippen molar-refractivity contribution in [2.45, 2.75) is 19.3 Å². The van der Waals surface area contributed by atoms with Gasteiger partial charge >= 0.3 is 0 Å². The lowest BCUT2D eigenvalue weighted by Crippen LogP contribution is -2.50. The Bertz CT molecular complexity index is 697. The number of nitrogens with zero attached hydrogens (tertiary/aromatic N) is 3. The summed E-state index contributed by atoms with van der Waals surface area (Å²) in [5.74, 6) is 0.974. The average molecular weight is 309 g/mol. The van der Waals surface area contributed by atoms with E-state index in [1.807, 2.05) is 35.2 Å². The summed E-state index contributed by atoms with van der Waals surface area (Å²) >= 11 is 0. The van der Waals surface area contributed by atoms with Crippen LogP contribution in [0, 0.1) is 5.92 Å². The van der Waals surface area contributed by atoms with Crippen molar-refractivity contribution in [2.75, 3.05) is 32.7 Å². The van der Waals surface area contributed by atoms with Crippen LogP contribution in [0.3, 0.4) is 0 Å². The van der Waals surface area contributed by atoms with Gasteiger partial charge in [-0.2, -0.15) is 0 Å². The summed E-state index contributed by atoms with van der Waals surface area (Å²) in [4.78, 5) is 21.7. The number of fused-ring (bicyclic) bond motifs is 1. The highest BCUT2D eigenvalue weighted by atomic mass is 16.2. The summed E-state index contributed by atoms with van der Waals surface area (Å²) in [6.07, 6.45) is 5.91. The normalized spacial score (nSPS) is 19.7. The van der Waals surface area contributed by atoms with Gasteiger partial charge in [-0.1, -0.05) is 30.7 Å². The zero-order valence-corrected chi connectivity index (χ0v) is 13.4. The lowest BCUT2D eigenvalue weighted by molar-refractivity contribution is 0.0587. The first-order valence-corrected chi connectivity index (χ1v) is 8.66. The van der Waals surface area contributed by atoms with Crippen LogP contribution in [-0.4, -0.2) is 53.4 Å². The zero-order chi connectivity index (χ0) is 15.6. The summed E-state index contributed by atoms with van der Waals surface area (Å²) < 4.78 is 0. The molecule has 2 fully saturated rings. The van der Waals surface area contributed by atoms with Crippen LogP contribution in [0.5, 0.6) is 0 Å². The Hall–Kier alpha value is -1.94. The van der Waals surface area contributed by atoms with E-state index in [0.717, 1.165) is 42.9 Å². The van der Waals surface area contributed by atoms with E-state index in [-0.39, 0.29) is 5.91 Å². The maximum atomic E-state index is 12.9. The van der Waals surface area contributed by atoms with Crippen LogP contribution in [0.15, 0.2) is 36.5 Å². The van der Waals surface area contributed by atoms with Crippen LogP contribution in [0.4, 0.5) is 0 Å². The highest BCUT2D eigenvalue weighted by Gasteiger charge is 2.26. The van der Waals surface area contributed by atoms with E-state index in [1.54, 1.807) is 6.20 Å². The van der Waals surface area contributed by atoms with Crippen molar-refractivity contribution in [3.8, 4) is 0 Å². The molecule has 4 heteroatoms. The highest BCUT2D eigenvalue weighted by molar-refractivity contribution is 6.05. The predicted molar refractivity (Wildman–Crippen MR) is 91.4 cm³/mol. The number of aromatic nitrogens is 1. The highest BCUT2D eigenvalue weighted by Crippen LogP contribution is 2.27. The summed E-state index contributed by atoms with van der Waals surface area (Å²) in [5, 5.41) is 2.03. The van der Waals surface area contributed by atoms with Crippen LogP contribution >= 0.6 is 0 Å². The molecule has 1 aliphatic heterocycles. The van der Waals surface area contributed by atoms with Gasteiger partial charge in [0.15, 0.2) is 0 Å². The molecule has 4 nitrogen and oxygen atoms in total. The van der Waals surface area contributed by atoms with Crippen LogP contribution in [0.2, 0.25) is 0 Å². The second-order valence-electron chi connectivity index (χ2n) is 6.77. The molecule has 0 N–H and O–H groups in total. The Morgan fingerprint density at radius 1 is 1.09 bits per heavy atom. The van der Waals surface area contributed by atoms with E-state index in [0.29, 0.717) is 5.69 Å². The lowest BCUT2D eigenvalue weighted by Gasteiger charge is -2.38. The van der Waals surface area contributed by atoms with Crippen molar-refractivity contribution >= 4 is 16.7 Å². The molecule has 0 radical (unpaired) electrons. The van der Waals surface area contributed by atoms with E-state index in [1.165, 1.54) is 25.8 Å². The van der Waals surface area contributed by atoms with E-state index in [4.69, 9.17) is 0 Å². The van der Waals surface area contributed by atoms with Gasteiger partial charge in [0, 0.05) is 44.3 Å². The second-order valence-corrected chi connectivity index (χ2v) is 6.77. The summed E-state index contributed by atoms with van der Waals surface area (Å²) in [5.41, 5.74) is 0.593. The third kappa shape index (κ3) is 2.95. The van der Waals surface area contributed by atoms with Gasteiger partial charge in [0.25, 0.3) is 5.91 Å². The van der Waals surface area contributed by atoms with Gasteiger partial charge in [0.1, 0.15) is 5.69 Å². The van der Waals surface area contributed by atoms with Crippen LogP contribution in [0.1, 0.15) is 29.8 Å². The summed E-state index contributed by atoms with van der Waals surface area (Å²) in [7, 11) is 0. The van der Waals surface area contributed by atoms with Gasteiger partial charge in [-0.05, 0) is 30.2 Å². The monoisotopic (exact) mass is 309 g/mol. The SMILES string of the molecule is O=C(c1nccc2ccccc12)N1CCN(CC2CCC2)CC1. The van der Waals surface area contributed by atoms with Gasteiger partial charge < -0.3 is 4.90 Å². The van der Waals surface area contributed by atoms with Crippen molar-refractivity contribution < 1.29 is 4.79 Å². The fourth-order valence-electron chi connectivity index (χ4n) is 3.61. The Morgan fingerprint density at radius 2 is 1.87 bits per heavy atom. The van der Waals surface area contributed by atoms with Crippen molar-refractivity contribution in [3.05, 3.63) is 42.2 Å². The number of pyridine rings is 1. The number of hydrogen-bond donors (Lipinski definition) is 0. The number of benzene rings is 1. The maximum absolute atomic E-state index is 12.9. The molecule has 0 atom stereocenters. The van der Waals surface area contributed by atoms with Gasteiger partial charge in [-0.15, -0.1) is 0 Å². The van der Waals surface area contributed by atoms with E-state index in [9.17, 15) is 4.79 Å². The molecule has 2 heterocycles. The Balaban J connectivity index is 1.45. The lowest BCUT2D eigenvalue weighted by atomic mass is 9.85. The Labute approximate surface area is 137 Å². The second kappa shape index (κ2) is 6.28. The number of piperazine rings is 1. The minimum Gasteiger partial charge on any atom is -0.335 e. The molecule has 1 aromatic heterocycles. The van der Waals surface area contributed by atoms with Crippen molar-refractivity contribution in [1.82, 2.24) is 14.8 Å². The molecule has 1 aromatic carbocycles. The molecule has 1 aliphatic carbocycles. The molecule has 1 saturated heterocycles. The molecule has 1 amide bonds. The standard InChI is InChI=1S/C19H23N3O/c23-19(18-17-7-2-1-6-16(17)8-9-20-18)22-12-10-21(11-13-22)14-15-4-3-5-15/h1-2,6-9,15H,3-5,10-14H2. The topological polar surface area (TPSA) is 36.4 Å². The van der Waals surface area contributed by atoms with Crippen LogP contribution in [-0.2, 0) is 0 Å². The maximum Gasteiger partial charge on any atom is 0.273 e. The Kier molecular flexibility index (Phi) is 4.00. The molecule has 1 saturated carbocycles. The molecule has 4 rings (SSSR count). The van der Waals surface area contributed by atoms with Crippen molar-refractivity contribution in [3.63, 3.8) is 0 Å². The molecule has 23 heavy (non-hydrogen) atoms. The van der Waals surface area contributed by atoms with Crippen LogP contribution < -0.4 is 0 Å². The quantitative estimate of drug-likeness (QED) is 0.875. The van der Waals surface area contributed by atoms with Gasteiger partial charge in [-0.3, -0.25) is 14.7 Å². The number of hydrogen-bond acceptors (Lipinski definition) is 3. The number of rotatable bonds is 3. The predicted octanol–water partition coefficient (Wildman–Crippen LogP) is 2.79. The van der Waals surface area contributed by atoms with Gasteiger partial charge in [0.2, 0.25) is 0 Å². The van der Waals surface area contributed by atoms with Crippen LogP contribution in [0.25, 0.3) is 10.8 Å². The van der Waals surface area contributed by atoms with Gasteiger partial charge in [0.05, 0.1) is 0 Å². The minimum atomic E-state index is 0.0742. The largest absolute Gasteiger partial charge is 0.335 e. The molecule has 120 valence electrons. The number of carbonyl (C=O) groups excluding carboxylic acids is 1. The van der Waals surface area contributed by atoms with Gasteiger partial charge in [-0.25, -0.2) is 0 Å². The third-order valence-corrected chi connectivity index (χ3v) is 5.28. The molecular weight excluding hydrogens is 286 g/mol. The molecule has 0 spiro atoms. The minimum absolute atomic E-state index is 0.0742. The van der Waals surface area contributed by atoms with Crippen molar-refractivity contribution in [2.24, 2.45) is 5.92 Å². The molecule has 2 aliphatic rings. The summed E-state index contributed by atoms with van der Waals surface area (Å²) in [6, 6.07) is 9.95. The van der Waals surface area contributed by atoms with E-state index < -0.39 is 0 Å². The first-order chi connectivity index (χ1) is 11.3. The van der Waals surface area contributed by atoms with E-state index >= 15 is 0 Å². The number of carbonyl (C=O) groups is 1. The number of amides is 1. The summed E-state index contributed by atoms with van der Waals surface area (Å²) in [6.45, 7) is 4.83. The zero-order valence-electron chi connectivity index (χ0n) is 13.4.